The van der Waals surface area contributed by atoms with Crippen molar-refractivity contribution in [3.63, 3.8) is 0 Å². The molecule has 0 aromatic carbocycles. The summed E-state index contributed by atoms with van der Waals surface area (Å²) in [6.45, 7) is -0.139. The molecule has 0 aliphatic carbocycles. The fourth-order valence-electron chi connectivity index (χ4n) is 0.914. The smallest absolute Gasteiger partial charge is 0.235 e. The SMILES string of the molecule is CNC(=O)CN(C)S(=O)(=O)CCCCCl. The zero-order valence-corrected chi connectivity index (χ0v) is 10.6. The normalized spacial score (nSPS) is 11.7. The van der Waals surface area contributed by atoms with E-state index in [9.17, 15) is 13.2 Å². The number of sulfonamides is 1. The second-order valence-electron chi connectivity index (χ2n) is 3.14. The van der Waals surface area contributed by atoms with Crippen LogP contribution in [-0.2, 0) is 14.8 Å². The molecule has 0 unspecified atom stereocenters. The van der Waals surface area contributed by atoms with E-state index in [0.717, 1.165) is 4.31 Å². The number of unbranched alkanes of at least 4 members (excludes halogenated alkanes) is 1. The van der Waals surface area contributed by atoms with E-state index < -0.39 is 10.0 Å². The molecule has 0 rings (SSSR count). The summed E-state index contributed by atoms with van der Waals surface area (Å²) in [7, 11) is -0.461. The van der Waals surface area contributed by atoms with Gasteiger partial charge in [-0.15, -0.1) is 11.6 Å². The predicted octanol–water partition coefficient (Wildman–Crippen LogP) is 0.0130. The molecular formula is C8H17ClN2O3S. The molecule has 5 nitrogen and oxygen atoms in total. The van der Waals surface area contributed by atoms with Gasteiger partial charge in [0.2, 0.25) is 15.9 Å². The van der Waals surface area contributed by atoms with E-state index in [4.69, 9.17) is 11.6 Å². The first-order valence-electron chi connectivity index (χ1n) is 4.64. The molecule has 0 aromatic heterocycles. The summed E-state index contributed by atoms with van der Waals surface area (Å²) in [6.07, 6.45) is 1.18. The van der Waals surface area contributed by atoms with Gasteiger partial charge in [0, 0.05) is 20.0 Å². The maximum atomic E-state index is 11.6. The van der Waals surface area contributed by atoms with Gasteiger partial charge in [-0.1, -0.05) is 0 Å². The Kier molecular flexibility index (Phi) is 6.87. The molecule has 0 radical (unpaired) electrons. The van der Waals surface area contributed by atoms with Crippen molar-refractivity contribution in [1.82, 2.24) is 9.62 Å². The van der Waals surface area contributed by atoms with Gasteiger partial charge in [0.15, 0.2) is 0 Å². The van der Waals surface area contributed by atoms with Gasteiger partial charge >= 0.3 is 0 Å². The summed E-state index contributed by atoms with van der Waals surface area (Å²) in [5.74, 6) is 0.167. The Morgan fingerprint density at radius 2 is 2.00 bits per heavy atom. The van der Waals surface area contributed by atoms with Crippen LogP contribution < -0.4 is 5.32 Å². The molecule has 0 aliphatic rings. The van der Waals surface area contributed by atoms with Gasteiger partial charge < -0.3 is 5.32 Å². The molecule has 15 heavy (non-hydrogen) atoms. The van der Waals surface area contributed by atoms with Crippen molar-refractivity contribution in [2.75, 3.05) is 32.3 Å². The number of amides is 1. The van der Waals surface area contributed by atoms with Crippen LogP contribution in [0.3, 0.4) is 0 Å². The first-order chi connectivity index (χ1) is 6.94. The molecule has 0 aromatic rings. The number of rotatable bonds is 7. The molecule has 0 saturated heterocycles. The fourth-order valence-corrected chi connectivity index (χ4v) is 2.30. The minimum atomic E-state index is -3.32. The molecule has 90 valence electrons. The first-order valence-corrected chi connectivity index (χ1v) is 6.79. The second kappa shape index (κ2) is 7.03. The van der Waals surface area contributed by atoms with Crippen LogP contribution in [0.15, 0.2) is 0 Å². The fraction of sp³-hybridized carbons (Fsp3) is 0.875. The third kappa shape index (κ3) is 5.96. The Hall–Kier alpha value is -0.330. The molecule has 7 heteroatoms. The largest absolute Gasteiger partial charge is 0.358 e. The van der Waals surface area contributed by atoms with E-state index in [-0.39, 0.29) is 18.2 Å². The number of nitrogens with one attached hydrogen (secondary N) is 1. The van der Waals surface area contributed by atoms with Crippen LogP contribution in [0.4, 0.5) is 0 Å². The summed E-state index contributed by atoms with van der Waals surface area (Å²) < 4.78 is 24.2. The van der Waals surface area contributed by atoms with E-state index in [1.54, 1.807) is 0 Å². The molecule has 0 atom stereocenters. The Labute approximate surface area is 95.8 Å². The lowest BCUT2D eigenvalue weighted by molar-refractivity contribution is -0.120. The van der Waals surface area contributed by atoms with Crippen LogP contribution in [0.5, 0.6) is 0 Å². The first kappa shape index (κ1) is 14.7. The van der Waals surface area contributed by atoms with Gasteiger partial charge in [-0.3, -0.25) is 4.79 Å². The van der Waals surface area contributed by atoms with E-state index in [2.05, 4.69) is 5.32 Å². The summed E-state index contributed by atoms with van der Waals surface area (Å²) in [5, 5.41) is 2.37. The van der Waals surface area contributed by atoms with Gasteiger partial charge in [-0.05, 0) is 12.8 Å². The van der Waals surface area contributed by atoms with Crippen molar-refractivity contribution in [2.45, 2.75) is 12.8 Å². The average molecular weight is 257 g/mol. The lowest BCUT2D eigenvalue weighted by atomic mass is 10.4. The Morgan fingerprint density at radius 1 is 1.40 bits per heavy atom. The van der Waals surface area contributed by atoms with Crippen molar-refractivity contribution in [1.29, 1.82) is 0 Å². The van der Waals surface area contributed by atoms with Gasteiger partial charge in [0.1, 0.15) is 0 Å². The highest BCUT2D eigenvalue weighted by molar-refractivity contribution is 7.89. The molecular weight excluding hydrogens is 240 g/mol. The van der Waals surface area contributed by atoms with Crippen molar-refractivity contribution in [3.05, 3.63) is 0 Å². The molecule has 0 aliphatic heterocycles. The Balaban J connectivity index is 4.14. The number of halogens is 1. The van der Waals surface area contributed by atoms with E-state index in [1.165, 1.54) is 14.1 Å². The highest BCUT2D eigenvalue weighted by Gasteiger charge is 2.19. The molecule has 1 N–H and O–H groups in total. The summed E-state index contributed by atoms with van der Waals surface area (Å²) >= 11 is 5.44. The molecule has 1 amide bonds. The number of nitrogens with zero attached hydrogens (tertiary/aromatic N) is 1. The summed E-state index contributed by atoms with van der Waals surface area (Å²) in [4.78, 5) is 11.0. The van der Waals surface area contributed by atoms with E-state index >= 15 is 0 Å². The molecule has 0 saturated carbocycles. The van der Waals surface area contributed by atoms with E-state index in [0.29, 0.717) is 18.7 Å². The highest BCUT2D eigenvalue weighted by atomic mass is 35.5. The van der Waals surface area contributed by atoms with Crippen LogP contribution in [0.1, 0.15) is 12.8 Å². The van der Waals surface area contributed by atoms with Gasteiger partial charge in [-0.2, -0.15) is 4.31 Å². The maximum Gasteiger partial charge on any atom is 0.235 e. The second-order valence-corrected chi connectivity index (χ2v) is 5.71. The third-order valence-corrected chi connectivity index (χ3v) is 4.06. The summed E-state index contributed by atoms with van der Waals surface area (Å²) in [6, 6.07) is 0. The predicted molar refractivity (Wildman–Crippen MR) is 60.4 cm³/mol. The highest BCUT2D eigenvalue weighted by Crippen LogP contribution is 2.02. The van der Waals surface area contributed by atoms with Crippen LogP contribution in [0.25, 0.3) is 0 Å². The zero-order chi connectivity index (χ0) is 11.9. The lowest BCUT2D eigenvalue weighted by Gasteiger charge is -2.15. The average Bonchev–Trinajstić information content (AvgIpc) is 2.17. The number of alkyl halides is 1. The molecule has 0 fully saturated rings. The molecule has 0 heterocycles. The number of carbonyl (C=O) groups excluding carboxylic acids is 1. The van der Waals surface area contributed by atoms with Crippen LogP contribution in [0, 0.1) is 0 Å². The van der Waals surface area contributed by atoms with Crippen molar-refractivity contribution >= 4 is 27.5 Å². The van der Waals surface area contributed by atoms with Crippen LogP contribution in [0.2, 0.25) is 0 Å². The van der Waals surface area contributed by atoms with Gasteiger partial charge in [0.05, 0.1) is 12.3 Å². The van der Waals surface area contributed by atoms with Gasteiger partial charge in [-0.25, -0.2) is 8.42 Å². The van der Waals surface area contributed by atoms with E-state index in [1.807, 2.05) is 0 Å². The number of hydrogen-bond donors (Lipinski definition) is 1. The Bertz CT molecular complexity index is 292. The van der Waals surface area contributed by atoms with Crippen molar-refractivity contribution < 1.29 is 13.2 Å². The summed E-state index contributed by atoms with van der Waals surface area (Å²) in [5.41, 5.74) is 0. The quantitative estimate of drug-likeness (QED) is 0.516. The van der Waals surface area contributed by atoms with Crippen LogP contribution in [-0.4, -0.2) is 50.9 Å². The minimum absolute atomic E-state index is 0.0349. The molecule has 0 bridgehead atoms. The van der Waals surface area contributed by atoms with Crippen LogP contribution >= 0.6 is 11.6 Å². The number of carbonyl (C=O) groups is 1. The lowest BCUT2D eigenvalue weighted by Crippen LogP contribution is -2.38. The van der Waals surface area contributed by atoms with Crippen molar-refractivity contribution in [3.8, 4) is 0 Å². The van der Waals surface area contributed by atoms with Crippen molar-refractivity contribution in [2.24, 2.45) is 0 Å². The monoisotopic (exact) mass is 256 g/mol. The number of hydrogen-bond acceptors (Lipinski definition) is 3. The maximum absolute atomic E-state index is 11.6. The molecule has 0 spiro atoms. The zero-order valence-electron chi connectivity index (χ0n) is 8.99. The van der Waals surface area contributed by atoms with Gasteiger partial charge in [0.25, 0.3) is 0 Å². The Morgan fingerprint density at radius 3 is 2.47 bits per heavy atom. The third-order valence-electron chi connectivity index (χ3n) is 1.91. The topological polar surface area (TPSA) is 66.5 Å². The number of likely N-dealkylation sites (N-methyl/N-ethyl adjacent to an activating group) is 2. The standard InChI is InChI=1S/C8H17ClN2O3S/c1-10-8(12)7-11(2)15(13,14)6-4-3-5-9/h3-7H2,1-2H3,(H,10,12). The minimum Gasteiger partial charge on any atom is -0.358 e.